The van der Waals surface area contributed by atoms with Crippen LogP contribution < -0.4 is 10.6 Å². The molecule has 1 saturated heterocycles. The number of carbonyl (C=O) groups excluding carboxylic acids is 1. The predicted molar refractivity (Wildman–Crippen MR) is 132 cm³/mol. The summed E-state index contributed by atoms with van der Waals surface area (Å²) in [6, 6.07) is 8.39. The van der Waals surface area contributed by atoms with Crippen molar-refractivity contribution < 1.29 is 18.0 Å². The minimum Gasteiger partial charge on any atom is -0.308 e. The number of amides is 2. The highest BCUT2D eigenvalue weighted by atomic mass is 19.4. The number of rotatable bonds is 5. The summed E-state index contributed by atoms with van der Waals surface area (Å²) in [6.45, 7) is 3.22. The lowest BCUT2D eigenvalue weighted by Crippen LogP contribution is -2.44. The van der Waals surface area contributed by atoms with Gasteiger partial charge in [0.1, 0.15) is 5.69 Å². The number of anilines is 2. The second kappa shape index (κ2) is 9.82. The number of aromatic nitrogens is 5. The van der Waals surface area contributed by atoms with Crippen LogP contribution in [0.2, 0.25) is 0 Å². The van der Waals surface area contributed by atoms with E-state index in [0.29, 0.717) is 30.1 Å². The van der Waals surface area contributed by atoms with Crippen LogP contribution in [0.25, 0.3) is 17.0 Å². The zero-order valence-electron chi connectivity index (χ0n) is 20.3. The van der Waals surface area contributed by atoms with E-state index in [0.717, 1.165) is 19.2 Å². The van der Waals surface area contributed by atoms with Crippen LogP contribution in [0.5, 0.6) is 0 Å². The summed E-state index contributed by atoms with van der Waals surface area (Å²) in [4.78, 5) is 21.0. The first-order valence-electron chi connectivity index (χ1n) is 11.7. The molecular weight excluding hydrogens is 487 g/mol. The number of nitrogens with one attached hydrogen (secondary N) is 2. The van der Waals surface area contributed by atoms with Crippen molar-refractivity contribution in [2.45, 2.75) is 12.7 Å². The molecule has 0 saturated carbocycles. The Kier molecular flexibility index (Phi) is 6.56. The number of imidazole rings is 1. The van der Waals surface area contributed by atoms with Gasteiger partial charge in [-0.3, -0.25) is 14.9 Å². The minimum absolute atomic E-state index is 0.0362. The van der Waals surface area contributed by atoms with Crippen molar-refractivity contribution in [1.29, 1.82) is 0 Å². The van der Waals surface area contributed by atoms with Gasteiger partial charge in [-0.15, -0.1) is 0 Å². The maximum atomic E-state index is 13.8. The zero-order valence-corrected chi connectivity index (χ0v) is 20.3. The third kappa shape index (κ3) is 5.42. The second-order valence-corrected chi connectivity index (χ2v) is 9.00. The van der Waals surface area contributed by atoms with Crippen LogP contribution >= 0.6 is 0 Å². The van der Waals surface area contributed by atoms with E-state index in [1.807, 2.05) is 18.0 Å². The molecule has 2 amide bonds. The third-order valence-electron chi connectivity index (χ3n) is 6.32. The molecule has 3 aromatic heterocycles. The third-order valence-corrected chi connectivity index (χ3v) is 6.32. The van der Waals surface area contributed by atoms with E-state index in [1.165, 1.54) is 12.1 Å². The molecule has 1 aliphatic heterocycles. The van der Waals surface area contributed by atoms with Crippen molar-refractivity contribution in [1.82, 2.24) is 34.2 Å². The molecule has 37 heavy (non-hydrogen) atoms. The smallest absolute Gasteiger partial charge is 0.308 e. The number of piperazine rings is 1. The van der Waals surface area contributed by atoms with E-state index >= 15 is 0 Å². The van der Waals surface area contributed by atoms with Crippen LogP contribution in [0, 0.1) is 0 Å². The number of urea groups is 1. The van der Waals surface area contributed by atoms with Crippen molar-refractivity contribution in [3.8, 4) is 11.4 Å². The minimum atomic E-state index is -4.55. The number of hydrogen-bond acceptors (Lipinski definition) is 6. The number of benzene rings is 1. The molecule has 1 fully saturated rings. The summed E-state index contributed by atoms with van der Waals surface area (Å²) >= 11 is 0. The lowest BCUT2D eigenvalue weighted by atomic mass is 10.0. The lowest BCUT2D eigenvalue weighted by molar-refractivity contribution is -0.138. The van der Waals surface area contributed by atoms with Crippen molar-refractivity contribution in [2.24, 2.45) is 7.05 Å². The molecule has 1 aromatic carbocycles. The molecule has 13 heteroatoms. The average Bonchev–Trinajstić information content (AvgIpc) is 3.43. The quantitative estimate of drug-likeness (QED) is 0.424. The van der Waals surface area contributed by atoms with Gasteiger partial charge in [0.2, 0.25) is 0 Å². The predicted octanol–water partition coefficient (Wildman–Crippen LogP) is 3.54. The molecule has 1 aliphatic rings. The number of fused-ring (bicyclic) bond motifs is 1. The highest BCUT2D eigenvalue weighted by Gasteiger charge is 2.34. The topological polar surface area (TPSA) is 95.6 Å². The molecule has 10 nitrogen and oxygen atoms in total. The number of likely N-dealkylation sites (N-methyl/N-ethyl adjacent to an activating group) is 1. The van der Waals surface area contributed by atoms with Gasteiger partial charge in [-0.2, -0.15) is 23.4 Å². The van der Waals surface area contributed by atoms with Gasteiger partial charge < -0.3 is 10.2 Å². The molecule has 4 aromatic rings. The molecule has 0 unspecified atom stereocenters. The first kappa shape index (κ1) is 24.7. The van der Waals surface area contributed by atoms with E-state index in [-0.39, 0.29) is 23.6 Å². The molecule has 0 atom stereocenters. The van der Waals surface area contributed by atoms with Gasteiger partial charge >= 0.3 is 12.2 Å². The Balaban J connectivity index is 1.30. The molecule has 4 heterocycles. The fourth-order valence-corrected chi connectivity index (χ4v) is 4.35. The first-order chi connectivity index (χ1) is 17.7. The van der Waals surface area contributed by atoms with Crippen LogP contribution in [-0.4, -0.2) is 73.4 Å². The Morgan fingerprint density at radius 3 is 2.57 bits per heavy atom. The van der Waals surface area contributed by atoms with Gasteiger partial charge in [-0.05, 0) is 36.9 Å². The number of hydrogen-bond donors (Lipinski definition) is 2. The molecule has 0 aliphatic carbocycles. The average molecular weight is 514 g/mol. The highest BCUT2D eigenvalue weighted by Crippen LogP contribution is 2.34. The Morgan fingerprint density at radius 1 is 1.03 bits per heavy atom. The summed E-state index contributed by atoms with van der Waals surface area (Å²) in [5.74, 6) is 0.226. The van der Waals surface area contributed by atoms with Crippen molar-refractivity contribution in [3.63, 3.8) is 0 Å². The largest absolute Gasteiger partial charge is 0.416 e. The highest BCUT2D eigenvalue weighted by molar-refractivity contribution is 5.99. The Labute approximate surface area is 210 Å². The maximum absolute atomic E-state index is 13.8. The van der Waals surface area contributed by atoms with Crippen LogP contribution in [0.15, 0.2) is 48.8 Å². The number of halogens is 3. The van der Waals surface area contributed by atoms with Gasteiger partial charge in [0.15, 0.2) is 11.5 Å². The summed E-state index contributed by atoms with van der Waals surface area (Å²) in [5.41, 5.74) is 1.43. The van der Waals surface area contributed by atoms with E-state index in [2.05, 4.69) is 30.7 Å². The number of nitrogens with zero attached hydrogens (tertiary/aromatic N) is 7. The van der Waals surface area contributed by atoms with Gasteiger partial charge in [-0.25, -0.2) is 14.3 Å². The Bertz CT molecular complexity index is 1420. The number of alkyl halides is 3. The normalized spacial score (nSPS) is 15.3. The standard InChI is InChI=1S/C24H26F3N9O/c1-33-8-10-35(11-9-33)15-16-5-6-17(12-18(16)24(25,26)27)30-23(37)31-21-13-19(34(2)32-21)20-14-28-22-4-3-7-29-36(20)22/h3-7,12-14H,8-11,15H2,1-2H3,(H2,30,31,32,37). The second-order valence-electron chi connectivity index (χ2n) is 9.00. The molecule has 2 N–H and O–H groups in total. The first-order valence-corrected chi connectivity index (χ1v) is 11.7. The Morgan fingerprint density at radius 2 is 1.81 bits per heavy atom. The Hall–Kier alpha value is -3.97. The van der Waals surface area contributed by atoms with Gasteiger partial charge in [0.25, 0.3) is 0 Å². The number of carbonyl (C=O) groups is 1. The molecular formula is C24H26F3N9O. The van der Waals surface area contributed by atoms with Crippen molar-refractivity contribution in [2.75, 3.05) is 43.9 Å². The van der Waals surface area contributed by atoms with Gasteiger partial charge in [0, 0.05) is 57.7 Å². The fraction of sp³-hybridized carbons (Fsp3) is 0.333. The SMILES string of the molecule is CN1CCN(Cc2ccc(NC(=O)Nc3cc(-c4cnc5cccnn45)n(C)n3)cc2C(F)(F)F)CC1. The molecule has 0 bridgehead atoms. The number of aryl methyl sites for hydroxylation is 1. The molecule has 0 spiro atoms. The molecule has 5 rings (SSSR count). The summed E-state index contributed by atoms with van der Waals surface area (Å²) < 4.78 is 44.7. The van der Waals surface area contributed by atoms with E-state index < -0.39 is 17.8 Å². The monoisotopic (exact) mass is 513 g/mol. The van der Waals surface area contributed by atoms with Gasteiger partial charge in [0.05, 0.1) is 17.5 Å². The summed E-state index contributed by atoms with van der Waals surface area (Å²) in [6.07, 6.45) is -1.27. The lowest BCUT2D eigenvalue weighted by Gasteiger charge is -2.33. The van der Waals surface area contributed by atoms with Crippen molar-refractivity contribution in [3.05, 3.63) is 59.9 Å². The van der Waals surface area contributed by atoms with E-state index in [9.17, 15) is 18.0 Å². The molecule has 194 valence electrons. The zero-order chi connectivity index (χ0) is 26.2. The van der Waals surface area contributed by atoms with Crippen molar-refractivity contribution >= 4 is 23.2 Å². The van der Waals surface area contributed by atoms with Crippen LogP contribution in [0.1, 0.15) is 11.1 Å². The summed E-state index contributed by atoms with van der Waals surface area (Å²) in [5, 5.41) is 13.6. The van der Waals surface area contributed by atoms with Crippen LogP contribution in [-0.2, 0) is 19.8 Å². The maximum Gasteiger partial charge on any atom is 0.416 e. The van der Waals surface area contributed by atoms with Crippen LogP contribution in [0.4, 0.5) is 29.5 Å². The molecule has 0 radical (unpaired) electrons. The van der Waals surface area contributed by atoms with Gasteiger partial charge in [-0.1, -0.05) is 6.07 Å². The van der Waals surface area contributed by atoms with E-state index in [1.54, 1.807) is 40.8 Å². The van der Waals surface area contributed by atoms with E-state index in [4.69, 9.17) is 0 Å². The van der Waals surface area contributed by atoms with Crippen LogP contribution in [0.3, 0.4) is 0 Å². The fourth-order valence-electron chi connectivity index (χ4n) is 4.35. The summed E-state index contributed by atoms with van der Waals surface area (Å²) in [7, 11) is 3.70.